The Morgan fingerprint density at radius 2 is 2.11 bits per heavy atom. The van der Waals surface area contributed by atoms with E-state index in [-0.39, 0.29) is 11.6 Å². The molecule has 0 bridgehead atoms. The van der Waals surface area contributed by atoms with Crippen LogP contribution in [-0.2, 0) is 17.7 Å². The topological polar surface area (TPSA) is 73.5 Å². The first-order valence-corrected chi connectivity index (χ1v) is 9.04. The molecule has 1 aliphatic heterocycles. The van der Waals surface area contributed by atoms with Crippen LogP contribution in [-0.4, -0.2) is 38.4 Å². The summed E-state index contributed by atoms with van der Waals surface area (Å²) in [6.07, 6.45) is 6.36. The quantitative estimate of drug-likeness (QED) is 0.589. The molecule has 0 radical (unpaired) electrons. The monoisotopic (exact) mass is 361 g/mol. The molecule has 7 heteroatoms. The number of nitrogens with one attached hydrogen (secondary N) is 1. The van der Waals surface area contributed by atoms with Crippen molar-refractivity contribution in [2.45, 2.75) is 19.0 Å². The lowest BCUT2D eigenvalue weighted by molar-refractivity contribution is 0.0211. The van der Waals surface area contributed by atoms with Gasteiger partial charge in [0.25, 0.3) is 5.56 Å². The van der Waals surface area contributed by atoms with E-state index in [4.69, 9.17) is 4.74 Å². The Hall–Kier alpha value is -3.19. The van der Waals surface area contributed by atoms with Crippen molar-refractivity contribution in [3.63, 3.8) is 0 Å². The molecule has 27 heavy (non-hydrogen) atoms. The summed E-state index contributed by atoms with van der Waals surface area (Å²) in [5, 5.41) is 9.26. The Morgan fingerprint density at radius 1 is 1.19 bits per heavy atom. The van der Waals surface area contributed by atoms with Crippen molar-refractivity contribution >= 4 is 22.1 Å². The van der Waals surface area contributed by atoms with Gasteiger partial charge in [-0.2, -0.15) is 5.10 Å². The predicted molar refractivity (Wildman–Crippen MR) is 103 cm³/mol. The van der Waals surface area contributed by atoms with Crippen LogP contribution in [0.1, 0.15) is 5.69 Å². The van der Waals surface area contributed by atoms with Crippen molar-refractivity contribution in [3.05, 3.63) is 71.0 Å². The molecule has 1 aromatic carbocycles. The summed E-state index contributed by atoms with van der Waals surface area (Å²) in [5.41, 5.74) is 2.60. The number of hydrogen-bond acceptors (Lipinski definition) is 5. The van der Waals surface area contributed by atoms with Gasteiger partial charge in [-0.25, -0.2) is 9.67 Å². The van der Waals surface area contributed by atoms with Crippen LogP contribution in [0.4, 0.5) is 5.69 Å². The molecule has 0 amide bonds. The van der Waals surface area contributed by atoms with Gasteiger partial charge in [0.2, 0.25) is 0 Å². The fourth-order valence-electron chi connectivity index (χ4n) is 3.38. The van der Waals surface area contributed by atoms with Crippen molar-refractivity contribution in [1.82, 2.24) is 19.2 Å². The first-order chi connectivity index (χ1) is 13.3. The molecule has 136 valence electrons. The standard InChI is InChI=1S/C20H19N5O2/c26-20-19-14(4-3-5-17(19)22-16-12-27-13-16)10-21-25(20)9-7-15-11-24-8-2-1-6-18(24)23-15/h1-6,8,10-11,16,22H,7,9,12-13H2. The van der Waals surface area contributed by atoms with Gasteiger partial charge in [-0.3, -0.25) is 4.79 Å². The number of nitrogens with zero attached hydrogens (tertiary/aromatic N) is 4. The molecule has 0 spiro atoms. The summed E-state index contributed by atoms with van der Waals surface area (Å²) in [6, 6.07) is 11.9. The van der Waals surface area contributed by atoms with E-state index in [1.54, 1.807) is 6.20 Å². The molecule has 1 fully saturated rings. The fraction of sp³-hybridized carbons (Fsp3) is 0.250. The molecule has 5 rings (SSSR count). The van der Waals surface area contributed by atoms with E-state index < -0.39 is 0 Å². The van der Waals surface area contributed by atoms with Crippen molar-refractivity contribution < 1.29 is 4.74 Å². The maximum absolute atomic E-state index is 13.0. The highest BCUT2D eigenvalue weighted by molar-refractivity contribution is 5.92. The van der Waals surface area contributed by atoms with E-state index >= 15 is 0 Å². The molecule has 1 aliphatic rings. The molecular weight excluding hydrogens is 342 g/mol. The third-order valence-electron chi connectivity index (χ3n) is 4.87. The van der Waals surface area contributed by atoms with Crippen molar-refractivity contribution in [1.29, 1.82) is 0 Å². The van der Waals surface area contributed by atoms with Gasteiger partial charge >= 0.3 is 0 Å². The van der Waals surface area contributed by atoms with Crippen LogP contribution in [0.3, 0.4) is 0 Å². The molecule has 4 heterocycles. The number of aryl methyl sites for hydroxylation is 2. The van der Waals surface area contributed by atoms with Gasteiger partial charge in [-0.05, 0) is 18.2 Å². The fourth-order valence-corrected chi connectivity index (χ4v) is 3.38. The first kappa shape index (κ1) is 16.0. The number of aromatic nitrogens is 4. The van der Waals surface area contributed by atoms with Crippen LogP contribution in [0.2, 0.25) is 0 Å². The van der Waals surface area contributed by atoms with Gasteiger partial charge in [0.1, 0.15) is 5.65 Å². The Kier molecular flexibility index (Phi) is 3.86. The van der Waals surface area contributed by atoms with Crippen LogP contribution < -0.4 is 10.9 Å². The molecule has 3 aromatic heterocycles. The minimum atomic E-state index is -0.0837. The summed E-state index contributed by atoms with van der Waals surface area (Å²) in [4.78, 5) is 17.6. The predicted octanol–water partition coefficient (Wildman–Crippen LogP) is 2.10. The van der Waals surface area contributed by atoms with E-state index in [1.807, 2.05) is 53.2 Å². The lowest BCUT2D eigenvalue weighted by Gasteiger charge is -2.28. The highest BCUT2D eigenvalue weighted by Gasteiger charge is 2.19. The van der Waals surface area contributed by atoms with Crippen LogP contribution in [0, 0.1) is 0 Å². The number of pyridine rings is 1. The number of imidazole rings is 1. The minimum Gasteiger partial charge on any atom is -0.377 e. The molecule has 0 aliphatic carbocycles. The molecule has 0 unspecified atom stereocenters. The number of benzene rings is 1. The van der Waals surface area contributed by atoms with Crippen molar-refractivity contribution in [2.75, 3.05) is 18.5 Å². The highest BCUT2D eigenvalue weighted by Crippen LogP contribution is 2.21. The second kappa shape index (κ2) is 6.51. The van der Waals surface area contributed by atoms with Crippen LogP contribution in [0.5, 0.6) is 0 Å². The summed E-state index contributed by atoms with van der Waals surface area (Å²) < 4.78 is 8.72. The molecular formula is C20H19N5O2. The zero-order chi connectivity index (χ0) is 18.2. The third kappa shape index (κ3) is 2.96. The Labute approximate surface area is 155 Å². The van der Waals surface area contributed by atoms with Gasteiger partial charge in [-0.15, -0.1) is 0 Å². The first-order valence-electron chi connectivity index (χ1n) is 9.04. The number of ether oxygens (including phenoxy) is 1. The number of fused-ring (bicyclic) bond motifs is 2. The van der Waals surface area contributed by atoms with Crippen LogP contribution in [0.15, 0.2) is 59.8 Å². The molecule has 1 saturated heterocycles. The van der Waals surface area contributed by atoms with E-state index in [0.717, 1.165) is 22.4 Å². The maximum atomic E-state index is 13.0. The molecule has 4 aromatic rings. The van der Waals surface area contributed by atoms with Gasteiger partial charge < -0.3 is 14.5 Å². The van der Waals surface area contributed by atoms with E-state index in [0.29, 0.717) is 31.6 Å². The van der Waals surface area contributed by atoms with Gasteiger partial charge in [-0.1, -0.05) is 18.2 Å². The average Bonchev–Trinajstić information content (AvgIpc) is 3.07. The summed E-state index contributed by atoms with van der Waals surface area (Å²) >= 11 is 0. The molecule has 0 atom stereocenters. The van der Waals surface area contributed by atoms with Crippen molar-refractivity contribution in [2.24, 2.45) is 0 Å². The SMILES string of the molecule is O=c1c2c(NC3COC3)cccc2cnn1CCc1cn2ccccc2n1. The normalized spacial score (nSPS) is 14.5. The smallest absolute Gasteiger partial charge is 0.276 e. The van der Waals surface area contributed by atoms with E-state index in [1.165, 1.54) is 4.68 Å². The Morgan fingerprint density at radius 3 is 2.93 bits per heavy atom. The number of rotatable bonds is 5. The van der Waals surface area contributed by atoms with Crippen LogP contribution in [0.25, 0.3) is 16.4 Å². The Bertz CT molecular complexity index is 1140. The summed E-state index contributed by atoms with van der Waals surface area (Å²) in [6.45, 7) is 1.83. The zero-order valence-electron chi connectivity index (χ0n) is 14.7. The third-order valence-corrected chi connectivity index (χ3v) is 4.87. The summed E-state index contributed by atoms with van der Waals surface area (Å²) in [5.74, 6) is 0. The molecule has 1 N–H and O–H groups in total. The summed E-state index contributed by atoms with van der Waals surface area (Å²) in [7, 11) is 0. The zero-order valence-corrected chi connectivity index (χ0v) is 14.7. The molecule has 0 saturated carbocycles. The number of anilines is 1. The van der Waals surface area contributed by atoms with Gasteiger partial charge in [0, 0.05) is 29.9 Å². The van der Waals surface area contributed by atoms with Gasteiger partial charge in [0.15, 0.2) is 0 Å². The average molecular weight is 361 g/mol. The lowest BCUT2D eigenvalue weighted by atomic mass is 10.1. The largest absolute Gasteiger partial charge is 0.377 e. The molecule has 7 nitrogen and oxygen atoms in total. The van der Waals surface area contributed by atoms with Crippen molar-refractivity contribution in [3.8, 4) is 0 Å². The minimum absolute atomic E-state index is 0.0837. The number of hydrogen-bond donors (Lipinski definition) is 1. The highest BCUT2D eigenvalue weighted by atomic mass is 16.5. The van der Waals surface area contributed by atoms with E-state index in [9.17, 15) is 4.79 Å². The van der Waals surface area contributed by atoms with Crippen LogP contribution >= 0.6 is 0 Å². The lowest BCUT2D eigenvalue weighted by Crippen LogP contribution is -2.40. The Balaban J connectivity index is 1.45. The second-order valence-corrected chi connectivity index (χ2v) is 6.77. The van der Waals surface area contributed by atoms with E-state index in [2.05, 4.69) is 15.4 Å². The maximum Gasteiger partial charge on any atom is 0.276 e. The van der Waals surface area contributed by atoms with Gasteiger partial charge in [0.05, 0.1) is 43.1 Å². The second-order valence-electron chi connectivity index (χ2n) is 6.77.